The smallest absolute Gasteiger partial charge is 0.119 e. The topological polar surface area (TPSA) is 34.1 Å². The van der Waals surface area contributed by atoms with E-state index in [-0.39, 0.29) is 0 Å². The number of benzene rings is 1. The maximum atomic E-state index is 5.81. The molecule has 1 aromatic carbocycles. The molecule has 1 aliphatic rings. The first-order chi connectivity index (χ1) is 11.3. The summed E-state index contributed by atoms with van der Waals surface area (Å²) >= 11 is 1.91. The Morgan fingerprint density at radius 2 is 2.09 bits per heavy atom. The van der Waals surface area contributed by atoms with Crippen molar-refractivity contribution in [3.8, 4) is 5.75 Å². The molecule has 0 radical (unpaired) electrons. The molecule has 1 aromatic heterocycles. The van der Waals surface area contributed by atoms with Gasteiger partial charge in [0.25, 0.3) is 0 Å². The number of pyridine rings is 1. The van der Waals surface area contributed by atoms with Crippen LogP contribution in [0.3, 0.4) is 0 Å². The van der Waals surface area contributed by atoms with Gasteiger partial charge in [0.2, 0.25) is 0 Å². The van der Waals surface area contributed by atoms with E-state index in [1.165, 1.54) is 16.8 Å². The Hall–Kier alpha value is -1.94. The zero-order valence-electron chi connectivity index (χ0n) is 13.4. The lowest BCUT2D eigenvalue weighted by atomic mass is 10.2. The van der Waals surface area contributed by atoms with Gasteiger partial charge in [-0.2, -0.15) is 0 Å². The van der Waals surface area contributed by atoms with Crippen LogP contribution in [-0.4, -0.2) is 23.2 Å². The molecular weight excluding hydrogens is 304 g/mol. The van der Waals surface area contributed by atoms with Crippen molar-refractivity contribution in [1.29, 1.82) is 0 Å². The summed E-state index contributed by atoms with van der Waals surface area (Å²) in [6.07, 6.45) is 6.01. The predicted octanol–water partition coefficient (Wildman–Crippen LogP) is 3.90. The quantitative estimate of drug-likeness (QED) is 0.873. The summed E-state index contributed by atoms with van der Waals surface area (Å²) in [6, 6.07) is 12.5. The zero-order valence-corrected chi connectivity index (χ0v) is 14.2. The van der Waals surface area contributed by atoms with Crippen molar-refractivity contribution in [1.82, 2.24) is 10.3 Å². The molecule has 0 unspecified atom stereocenters. The minimum atomic E-state index is 0.650. The molecule has 1 saturated heterocycles. The van der Waals surface area contributed by atoms with E-state index in [9.17, 15) is 0 Å². The SMILES string of the molecule is CCc1ccc(CCOc2ccc(/C=C3/CSCN3)cc2)nc1. The number of hydrogen-bond acceptors (Lipinski definition) is 4. The van der Waals surface area contributed by atoms with E-state index in [4.69, 9.17) is 4.74 Å². The summed E-state index contributed by atoms with van der Waals surface area (Å²) in [5.74, 6) is 2.99. The standard InChI is InChI=1S/C19H22N2OS/c1-2-15-3-6-17(20-12-15)9-10-22-19-7-4-16(5-8-19)11-18-13-23-14-21-18/h3-8,11-12,21H,2,9-10,13-14H2,1H3/b18-11-. The Labute approximate surface area is 142 Å². The molecule has 0 bridgehead atoms. The fourth-order valence-electron chi connectivity index (χ4n) is 2.40. The molecule has 0 spiro atoms. The molecule has 3 nitrogen and oxygen atoms in total. The highest BCUT2D eigenvalue weighted by Gasteiger charge is 2.05. The number of ether oxygens (including phenoxy) is 1. The van der Waals surface area contributed by atoms with Crippen LogP contribution < -0.4 is 10.1 Å². The Kier molecular flexibility index (Phi) is 5.59. The van der Waals surface area contributed by atoms with Crippen LogP contribution in [0.2, 0.25) is 0 Å². The van der Waals surface area contributed by atoms with Gasteiger partial charge in [-0.05, 0) is 41.8 Å². The van der Waals surface area contributed by atoms with Crippen LogP contribution in [0.25, 0.3) is 6.08 Å². The highest BCUT2D eigenvalue weighted by Crippen LogP contribution is 2.18. The van der Waals surface area contributed by atoms with Gasteiger partial charge in [-0.15, -0.1) is 11.8 Å². The highest BCUT2D eigenvalue weighted by molar-refractivity contribution is 7.99. The molecule has 0 aliphatic carbocycles. The van der Waals surface area contributed by atoms with Gasteiger partial charge in [0.1, 0.15) is 5.75 Å². The van der Waals surface area contributed by atoms with Crippen molar-refractivity contribution < 1.29 is 4.74 Å². The fraction of sp³-hybridized carbons (Fsp3) is 0.316. The van der Waals surface area contributed by atoms with E-state index in [0.717, 1.165) is 35.9 Å². The Bertz CT molecular complexity index is 642. The molecule has 2 aromatic rings. The fourth-order valence-corrected chi connectivity index (χ4v) is 3.19. The summed E-state index contributed by atoms with van der Waals surface area (Å²) in [6.45, 7) is 2.79. The number of nitrogens with one attached hydrogen (secondary N) is 1. The molecule has 1 aliphatic heterocycles. The van der Waals surface area contributed by atoms with E-state index in [1.807, 2.05) is 30.1 Å². The first-order valence-electron chi connectivity index (χ1n) is 8.02. The third-order valence-corrected chi connectivity index (χ3v) is 4.66. The molecule has 4 heteroatoms. The summed E-state index contributed by atoms with van der Waals surface area (Å²) in [5, 5.41) is 3.37. The van der Waals surface area contributed by atoms with Crippen molar-refractivity contribution in [3.63, 3.8) is 0 Å². The van der Waals surface area contributed by atoms with Gasteiger partial charge in [-0.3, -0.25) is 4.98 Å². The predicted molar refractivity (Wildman–Crippen MR) is 97.7 cm³/mol. The van der Waals surface area contributed by atoms with Gasteiger partial charge in [0.15, 0.2) is 0 Å². The average Bonchev–Trinajstić information content (AvgIpc) is 3.10. The normalized spacial score (nSPS) is 15.6. The zero-order chi connectivity index (χ0) is 15.9. The number of thioether (sulfide) groups is 1. The van der Waals surface area contributed by atoms with Crippen LogP contribution in [0.15, 0.2) is 48.3 Å². The van der Waals surface area contributed by atoms with Gasteiger partial charge >= 0.3 is 0 Å². The summed E-state index contributed by atoms with van der Waals surface area (Å²) in [7, 11) is 0. The first kappa shape index (κ1) is 15.9. The van der Waals surface area contributed by atoms with Crippen LogP contribution in [0.4, 0.5) is 0 Å². The third-order valence-electron chi connectivity index (χ3n) is 3.80. The molecule has 0 atom stereocenters. The minimum absolute atomic E-state index is 0.650. The summed E-state index contributed by atoms with van der Waals surface area (Å²) in [5.41, 5.74) is 4.85. The number of aryl methyl sites for hydroxylation is 1. The minimum Gasteiger partial charge on any atom is -0.493 e. The molecule has 1 N–H and O–H groups in total. The maximum Gasteiger partial charge on any atom is 0.119 e. The second-order valence-corrected chi connectivity index (χ2v) is 6.50. The molecule has 3 rings (SSSR count). The molecule has 1 fully saturated rings. The van der Waals surface area contributed by atoms with E-state index in [2.05, 4.69) is 47.6 Å². The van der Waals surface area contributed by atoms with Gasteiger partial charge in [-0.1, -0.05) is 25.1 Å². The number of rotatable bonds is 6. The number of nitrogens with zero attached hydrogens (tertiary/aromatic N) is 1. The summed E-state index contributed by atoms with van der Waals surface area (Å²) in [4.78, 5) is 4.46. The average molecular weight is 326 g/mol. The molecule has 23 heavy (non-hydrogen) atoms. The van der Waals surface area contributed by atoms with Crippen molar-refractivity contribution in [2.75, 3.05) is 18.2 Å². The first-order valence-corrected chi connectivity index (χ1v) is 9.18. The van der Waals surface area contributed by atoms with Gasteiger partial charge in [0, 0.05) is 29.8 Å². The van der Waals surface area contributed by atoms with Gasteiger partial charge in [-0.25, -0.2) is 0 Å². The van der Waals surface area contributed by atoms with Crippen LogP contribution in [0, 0.1) is 0 Å². The highest BCUT2D eigenvalue weighted by atomic mass is 32.2. The van der Waals surface area contributed by atoms with Crippen LogP contribution in [0.5, 0.6) is 5.75 Å². The second kappa shape index (κ2) is 8.06. The largest absolute Gasteiger partial charge is 0.493 e. The monoisotopic (exact) mass is 326 g/mol. The van der Waals surface area contributed by atoms with Gasteiger partial charge < -0.3 is 10.1 Å². The molecule has 120 valence electrons. The van der Waals surface area contributed by atoms with E-state index < -0.39 is 0 Å². The Balaban J connectivity index is 1.49. The Morgan fingerprint density at radius 1 is 1.22 bits per heavy atom. The number of hydrogen-bond donors (Lipinski definition) is 1. The second-order valence-electron chi connectivity index (χ2n) is 5.52. The number of aromatic nitrogens is 1. The van der Waals surface area contributed by atoms with E-state index in [0.29, 0.717) is 6.61 Å². The Morgan fingerprint density at radius 3 is 2.74 bits per heavy atom. The third kappa shape index (κ3) is 4.76. The molecule has 0 amide bonds. The van der Waals surface area contributed by atoms with Crippen molar-refractivity contribution in [2.24, 2.45) is 0 Å². The molecule has 2 heterocycles. The van der Waals surface area contributed by atoms with E-state index in [1.54, 1.807) is 0 Å². The molecule has 0 saturated carbocycles. The van der Waals surface area contributed by atoms with Crippen LogP contribution in [-0.2, 0) is 12.8 Å². The lowest BCUT2D eigenvalue weighted by molar-refractivity contribution is 0.320. The van der Waals surface area contributed by atoms with Gasteiger partial charge in [0.05, 0.1) is 12.5 Å². The van der Waals surface area contributed by atoms with Crippen molar-refractivity contribution in [3.05, 3.63) is 65.1 Å². The van der Waals surface area contributed by atoms with E-state index >= 15 is 0 Å². The summed E-state index contributed by atoms with van der Waals surface area (Å²) < 4.78 is 5.81. The van der Waals surface area contributed by atoms with Crippen molar-refractivity contribution >= 4 is 17.8 Å². The maximum absolute atomic E-state index is 5.81. The van der Waals surface area contributed by atoms with Crippen LogP contribution in [0.1, 0.15) is 23.7 Å². The van der Waals surface area contributed by atoms with Crippen LogP contribution >= 0.6 is 11.8 Å². The van der Waals surface area contributed by atoms with Crippen molar-refractivity contribution in [2.45, 2.75) is 19.8 Å². The lowest BCUT2D eigenvalue weighted by Crippen LogP contribution is -2.04. The molecular formula is C19H22N2OS. The lowest BCUT2D eigenvalue weighted by Gasteiger charge is -2.07.